The largest absolute Gasteiger partial charge is 0.474 e. The minimum atomic E-state index is -4.58. The molecule has 0 aliphatic carbocycles. The van der Waals surface area contributed by atoms with Crippen molar-refractivity contribution in [1.82, 2.24) is 24.2 Å². The zero-order valence-corrected chi connectivity index (χ0v) is 23.2. The molecule has 0 atom stereocenters. The van der Waals surface area contributed by atoms with Crippen molar-refractivity contribution in [1.29, 1.82) is 0 Å². The first kappa shape index (κ1) is 29.2. The Morgan fingerprint density at radius 2 is 1.80 bits per heavy atom. The highest BCUT2D eigenvalue weighted by Gasteiger charge is 2.33. The third-order valence-electron chi connectivity index (χ3n) is 5.87. The van der Waals surface area contributed by atoms with Gasteiger partial charge in [-0.1, -0.05) is 0 Å². The number of aromatic nitrogens is 4. The summed E-state index contributed by atoms with van der Waals surface area (Å²) < 4.78 is 53.9. The van der Waals surface area contributed by atoms with Gasteiger partial charge >= 0.3 is 12.3 Å². The third-order valence-corrected chi connectivity index (χ3v) is 6.81. The van der Waals surface area contributed by atoms with Gasteiger partial charge in [0.05, 0.1) is 35.0 Å². The minimum absolute atomic E-state index is 0.108. The Labute approximate surface area is 233 Å². The van der Waals surface area contributed by atoms with E-state index in [0.29, 0.717) is 59.8 Å². The number of piperidine rings is 1. The first-order chi connectivity index (χ1) is 18.8. The van der Waals surface area contributed by atoms with Crippen LogP contribution in [-0.2, 0) is 17.3 Å². The van der Waals surface area contributed by atoms with Crippen molar-refractivity contribution >= 4 is 29.2 Å². The Bertz CT molecular complexity index is 1330. The average molecular weight is 579 g/mol. The van der Waals surface area contributed by atoms with Crippen LogP contribution in [0.4, 0.5) is 23.7 Å². The number of amides is 2. The summed E-state index contributed by atoms with van der Waals surface area (Å²) in [5.74, 6) is -0.0326. The van der Waals surface area contributed by atoms with E-state index in [1.165, 1.54) is 6.20 Å². The Balaban J connectivity index is 1.32. The van der Waals surface area contributed by atoms with E-state index in [9.17, 15) is 22.8 Å². The van der Waals surface area contributed by atoms with Gasteiger partial charge in [-0.3, -0.25) is 9.78 Å². The number of rotatable bonds is 6. The van der Waals surface area contributed by atoms with Gasteiger partial charge in [-0.15, -0.1) is 0 Å². The predicted molar refractivity (Wildman–Crippen MR) is 140 cm³/mol. The topological polar surface area (TPSA) is 119 Å². The molecule has 1 aliphatic rings. The fraction of sp³-hybridized carbons (Fsp3) is 0.462. The second kappa shape index (κ2) is 11.7. The smallest absolute Gasteiger partial charge is 0.434 e. The molecule has 0 radical (unpaired) electrons. The fourth-order valence-electron chi connectivity index (χ4n) is 3.96. The van der Waals surface area contributed by atoms with E-state index in [1.807, 2.05) is 20.8 Å². The number of anilines is 1. The summed E-state index contributed by atoms with van der Waals surface area (Å²) in [6.45, 7) is 8.19. The van der Waals surface area contributed by atoms with Crippen molar-refractivity contribution in [3.8, 4) is 5.88 Å². The molecule has 14 heteroatoms. The molecule has 3 aromatic heterocycles. The zero-order valence-electron chi connectivity index (χ0n) is 22.4. The minimum Gasteiger partial charge on any atom is -0.474 e. The molecule has 214 valence electrons. The van der Waals surface area contributed by atoms with Gasteiger partial charge in [0.15, 0.2) is 5.69 Å². The molecule has 4 rings (SSSR count). The number of hydrogen-bond acceptors (Lipinski definition) is 9. The number of nitrogens with zero attached hydrogens (tertiary/aromatic N) is 5. The summed E-state index contributed by atoms with van der Waals surface area (Å²) in [6.07, 6.45) is -0.460. The molecule has 2 amide bonds. The monoisotopic (exact) mass is 578 g/mol. The molecule has 3 aromatic rings. The molecule has 0 aromatic carbocycles. The number of ether oxygens (including phenoxy) is 2. The lowest BCUT2D eigenvalue weighted by Crippen LogP contribution is -2.44. The molecule has 1 fully saturated rings. The quantitative estimate of drug-likeness (QED) is 0.420. The summed E-state index contributed by atoms with van der Waals surface area (Å²) in [6, 6.07) is 3.31. The predicted octanol–water partition coefficient (Wildman–Crippen LogP) is 5.28. The molecule has 40 heavy (non-hydrogen) atoms. The molecule has 4 heterocycles. The van der Waals surface area contributed by atoms with E-state index in [0.717, 1.165) is 17.7 Å². The third kappa shape index (κ3) is 7.64. The molecular formula is C26H29F3N6O4S. The lowest BCUT2D eigenvalue weighted by atomic mass is 10.1. The van der Waals surface area contributed by atoms with Crippen LogP contribution in [0, 0.1) is 6.92 Å². The molecule has 0 saturated carbocycles. The molecule has 1 N–H and O–H groups in total. The molecular weight excluding hydrogens is 549 g/mol. The summed E-state index contributed by atoms with van der Waals surface area (Å²) in [5.41, 5.74) is -0.103. The number of alkyl halides is 3. The van der Waals surface area contributed by atoms with Gasteiger partial charge in [0.1, 0.15) is 11.7 Å². The van der Waals surface area contributed by atoms with Crippen LogP contribution in [-0.4, -0.2) is 61.0 Å². The van der Waals surface area contributed by atoms with Crippen molar-refractivity contribution in [3.05, 3.63) is 58.2 Å². The summed E-state index contributed by atoms with van der Waals surface area (Å²) >= 11 is 1.08. The zero-order chi connectivity index (χ0) is 29.1. The fourth-order valence-corrected chi connectivity index (χ4v) is 4.84. The van der Waals surface area contributed by atoms with Crippen molar-refractivity contribution in [2.24, 2.45) is 0 Å². The summed E-state index contributed by atoms with van der Waals surface area (Å²) in [4.78, 5) is 39.0. The van der Waals surface area contributed by atoms with Crippen molar-refractivity contribution < 1.29 is 32.2 Å². The highest BCUT2D eigenvalue weighted by molar-refractivity contribution is 7.06. The Morgan fingerprint density at radius 1 is 1.07 bits per heavy atom. The van der Waals surface area contributed by atoms with Gasteiger partial charge in [-0.2, -0.15) is 17.5 Å². The normalized spacial score (nSPS) is 14.6. The van der Waals surface area contributed by atoms with E-state index < -0.39 is 23.4 Å². The van der Waals surface area contributed by atoms with E-state index >= 15 is 0 Å². The Kier molecular flexibility index (Phi) is 8.57. The molecule has 0 unspecified atom stereocenters. The van der Waals surface area contributed by atoms with Crippen LogP contribution < -0.4 is 10.1 Å². The van der Waals surface area contributed by atoms with Crippen molar-refractivity contribution in [3.63, 3.8) is 0 Å². The van der Waals surface area contributed by atoms with Crippen LogP contribution in [0.2, 0.25) is 0 Å². The van der Waals surface area contributed by atoms with Crippen LogP contribution in [0.25, 0.3) is 0 Å². The number of pyridine rings is 1. The Hall–Kier alpha value is -3.81. The number of aryl methyl sites for hydroxylation is 1. The number of carbonyl (C=O) groups excluding carboxylic acids is 2. The standard InChI is InChI=1S/C26H29F3N6O4S/c1-15-22(19(40-34-15)11-17-13-31-20(14-30-17)26(27,28)29)23(36)33-16-5-6-21(32-12-16)38-18-7-9-35(10-8-18)24(37)39-25(2,3)4/h5-6,12-14,18H,7-11H2,1-4H3,(H,33,36). The number of halogens is 3. The van der Waals surface area contributed by atoms with Crippen LogP contribution in [0.1, 0.15) is 65.9 Å². The number of likely N-dealkylation sites (tertiary alicyclic amines) is 1. The van der Waals surface area contributed by atoms with Crippen LogP contribution in [0.5, 0.6) is 5.88 Å². The maximum absolute atomic E-state index is 13.0. The first-order valence-corrected chi connectivity index (χ1v) is 13.3. The maximum atomic E-state index is 13.0. The summed E-state index contributed by atoms with van der Waals surface area (Å²) in [7, 11) is 0. The average Bonchev–Trinajstić information content (AvgIpc) is 3.24. The number of hydrogen-bond donors (Lipinski definition) is 1. The molecule has 0 bridgehead atoms. The highest BCUT2D eigenvalue weighted by Crippen LogP contribution is 2.28. The second-order valence-electron chi connectivity index (χ2n) is 10.3. The van der Waals surface area contributed by atoms with E-state index in [1.54, 1.807) is 24.0 Å². The second-order valence-corrected chi connectivity index (χ2v) is 11.1. The van der Waals surface area contributed by atoms with E-state index in [2.05, 4.69) is 24.6 Å². The maximum Gasteiger partial charge on any atom is 0.434 e. The number of carbonyl (C=O) groups is 2. The SMILES string of the molecule is Cc1nsc(Cc2cnc(C(F)(F)F)cn2)c1C(=O)Nc1ccc(OC2CCN(C(=O)OC(C)(C)C)CC2)nc1. The van der Waals surface area contributed by atoms with Gasteiger partial charge in [-0.05, 0) is 45.3 Å². The highest BCUT2D eigenvalue weighted by atomic mass is 32.1. The molecule has 1 aliphatic heterocycles. The van der Waals surface area contributed by atoms with Gasteiger partial charge in [0.25, 0.3) is 5.91 Å². The van der Waals surface area contributed by atoms with Gasteiger partial charge in [0, 0.05) is 49.5 Å². The Morgan fingerprint density at radius 3 is 2.38 bits per heavy atom. The van der Waals surface area contributed by atoms with Gasteiger partial charge in [0.2, 0.25) is 5.88 Å². The molecule has 1 saturated heterocycles. The van der Waals surface area contributed by atoms with Crippen molar-refractivity contribution in [2.45, 2.75) is 64.8 Å². The first-order valence-electron chi connectivity index (χ1n) is 12.5. The van der Waals surface area contributed by atoms with Crippen LogP contribution >= 0.6 is 11.5 Å². The molecule has 10 nitrogen and oxygen atoms in total. The van der Waals surface area contributed by atoms with E-state index in [-0.39, 0.29) is 24.3 Å². The van der Waals surface area contributed by atoms with Crippen LogP contribution in [0.15, 0.2) is 30.7 Å². The number of nitrogens with one attached hydrogen (secondary N) is 1. The lowest BCUT2D eigenvalue weighted by Gasteiger charge is -2.33. The lowest BCUT2D eigenvalue weighted by molar-refractivity contribution is -0.141. The van der Waals surface area contributed by atoms with Gasteiger partial charge < -0.3 is 19.7 Å². The van der Waals surface area contributed by atoms with E-state index in [4.69, 9.17) is 9.47 Å². The van der Waals surface area contributed by atoms with Gasteiger partial charge in [-0.25, -0.2) is 14.8 Å². The van der Waals surface area contributed by atoms with Crippen LogP contribution in [0.3, 0.4) is 0 Å². The summed E-state index contributed by atoms with van der Waals surface area (Å²) in [5, 5.41) is 2.77. The molecule has 0 spiro atoms. The van der Waals surface area contributed by atoms with Crippen molar-refractivity contribution in [2.75, 3.05) is 18.4 Å².